The van der Waals surface area contributed by atoms with Crippen LogP contribution < -0.4 is 4.74 Å². The Morgan fingerprint density at radius 1 is 0.981 bits per heavy atom. The normalized spacial score (nSPS) is 13.6. The van der Waals surface area contributed by atoms with Crippen molar-refractivity contribution >= 4 is 27.3 Å². The number of nitrogens with zero attached hydrogens (tertiary/aromatic N) is 2. The third-order valence-electron chi connectivity index (χ3n) is 9.47. The maximum atomic E-state index is 12.4. The van der Waals surface area contributed by atoms with E-state index in [1.54, 1.807) is 6.92 Å². The number of pyridine rings is 1. The van der Waals surface area contributed by atoms with Crippen molar-refractivity contribution in [2.75, 3.05) is 0 Å². The zero-order valence-electron chi connectivity index (χ0n) is 31.6. The Bertz CT molecular complexity index is 1980. The number of ether oxygens (including phenoxy) is 1. The molecule has 3 aromatic carbocycles. The van der Waals surface area contributed by atoms with Crippen molar-refractivity contribution in [2.45, 2.75) is 107 Å². The van der Waals surface area contributed by atoms with Gasteiger partial charge in [0.15, 0.2) is 5.78 Å². The molecule has 1 unspecified atom stereocenters. The first kappa shape index (κ1) is 42.7. The van der Waals surface area contributed by atoms with Crippen LogP contribution in [-0.4, -0.2) is 22.1 Å². The summed E-state index contributed by atoms with van der Waals surface area (Å²) >= 11 is 0. The van der Waals surface area contributed by atoms with Gasteiger partial charge in [-0.25, -0.2) is 0 Å². The van der Waals surface area contributed by atoms with E-state index >= 15 is 0 Å². The Morgan fingerprint density at radius 2 is 1.62 bits per heavy atom. The largest absolute Gasteiger partial charge is 0.512 e. The summed E-state index contributed by atoms with van der Waals surface area (Å²) in [5.41, 5.74) is 3.89. The van der Waals surface area contributed by atoms with Crippen LogP contribution in [-0.2, 0) is 37.7 Å². The monoisotopic (exact) mass is 892 g/mol. The molecule has 0 bridgehead atoms. The van der Waals surface area contributed by atoms with Gasteiger partial charge in [0.05, 0.1) is 23.7 Å². The van der Waals surface area contributed by atoms with Gasteiger partial charge in [0.25, 0.3) is 0 Å². The smallest absolute Gasteiger partial charge is 0.389 e. The van der Waals surface area contributed by atoms with Crippen LogP contribution >= 0.6 is 0 Å². The first-order chi connectivity index (χ1) is 23.8. The summed E-state index contributed by atoms with van der Waals surface area (Å²) < 4.78 is 43.8. The number of aromatic nitrogens is 1. The van der Waals surface area contributed by atoms with Crippen LogP contribution in [0.25, 0.3) is 32.8 Å². The third kappa shape index (κ3) is 10.0. The van der Waals surface area contributed by atoms with E-state index in [2.05, 4.69) is 69.3 Å². The van der Waals surface area contributed by atoms with Crippen LogP contribution in [0, 0.1) is 40.1 Å². The summed E-state index contributed by atoms with van der Waals surface area (Å²) in [5, 5.41) is 23.9. The molecule has 281 valence electrons. The molecule has 0 aliphatic carbocycles. The number of halogens is 3. The number of hydrogen-bond donors (Lipinski definition) is 1. The van der Waals surface area contributed by atoms with Gasteiger partial charge >= 0.3 is 6.18 Å². The molecule has 52 heavy (non-hydrogen) atoms. The number of carbonyl (C=O) groups is 1. The minimum Gasteiger partial charge on any atom is -0.512 e. The fraction of sp³-hybridized carbons (Fsp3) is 0.465. The number of allylic oxidation sites excluding steroid dienone is 2. The summed E-state index contributed by atoms with van der Waals surface area (Å²) in [6.07, 6.45) is -0.646. The average molecular weight is 892 g/mol. The second-order valence-corrected chi connectivity index (χ2v) is 15.5. The van der Waals surface area contributed by atoms with Crippen LogP contribution in [0.15, 0.2) is 60.0 Å². The number of benzene rings is 3. The zero-order valence-corrected chi connectivity index (χ0v) is 34.0. The van der Waals surface area contributed by atoms with Crippen LogP contribution in [0.1, 0.15) is 99.1 Å². The Morgan fingerprint density at radius 3 is 2.19 bits per heavy atom. The first-order valence-electron chi connectivity index (χ1n) is 17.8. The maximum absolute atomic E-state index is 12.4. The molecule has 1 radical (unpaired) electrons. The van der Waals surface area contributed by atoms with E-state index in [4.69, 9.17) is 9.72 Å². The molecule has 1 aromatic heterocycles. The van der Waals surface area contributed by atoms with Gasteiger partial charge < -0.3 is 9.84 Å². The topological polar surface area (TPSA) is 83.2 Å². The predicted molar refractivity (Wildman–Crippen MR) is 199 cm³/mol. The minimum atomic E-state index is -4.36. The Balaban J connectivity index is 0.000000317. The first-order valence-corrected chi connectivity index (χ1v) is 17.8. The number of aliphatic hydroxyl groups is 1. The van der Waals surface area contributed by atoms with Gasteiger partial charge in [-0.15, -0.1) is 17.5 Å². The molecule has 0 saturated carbocycles. The Kier molecular flexibility index (Phi) is 13.9. The van der Waals surface area contributed by atoms with E-state index in [1.165, 1.54) is 17.9 Å². The quantitative estimate of drug-likeness (QED) is 0.0858. The fourth-order valence-electron chi connectivity index (χ4n) is 6.79. The molecule has 1 atom stereocenters. The summed E-state index contributed by atoms with van der Waals surface area (Å²) in [4.78, 5) is 16.8. The molecule has 5 rings (SSSR count). The minimum absolute atomic E-state index is 0. The number of carbonyl (C=O) groups excluding carboxylic acids is 1. The van der Waals surface area contributed by atoms with Crippen molar-refractivity contribution in [3.8, 4) is 28.8 Å². The van der Waals surface area contributed by atoms with Crippen molar-refractivity contribution in [1.29, 1.82) is 5.26 Å². The van der Waals surface area contributed by atoms with Gasteiger partial charge in [0.2, 0.25) is 0 Å². The Labute approximate surface area is 320 Å². The van der Waals surface area contributed by atoms with E-state index in [0.29, 0.717) is 19.3 Å². The van der Waals surface area contributed by atoms with Gasteiger partial charge in [-0.3, -0.25) is 9.78 Å². The molecule has 0 fully saturated rings. The molecule has 0 saturated heterocycles. The summed E-state index contributed by atoms with van der Waals surface area (Å²) in [6.45, 7) is 17.4. The number of alkyl halides is 3. The molecule has 9 heteroatoms. The van der Waals surface area contributed by atoms with Gasteiger partial charge in [-0.2, -0.15) is 18.4 Å². The van der Waals surface area contributed by atoms with Crippen molar-refractivity contribution in [1.82, 2.24) is 4.98 Å². The van der Waals surface area contributed by atoms with E-state index in [0.717, 1.165) is 50.9 Å². The molecule has 1 N–H and O–H groups in total. The number of hydrogen-bond acceptors (Lipinski definition) is 5. The van der Waals surface area contributed by atoms with Crippen LogP contribution in [0.5, 0.6) is 11.5 Å². The number of ketones is 1. The van der Waals surface area contributed by atoms with Gasteiger partial charge in [-0.05, 0) is 81.4 Å². The molecular weight excluding hydrogens is 842 g/mol. The van der Waals surface area contributed by atoms with Crippen molar-refractivity contribution in [3.63, 3.8) is 0 Å². The van der Waals surface area contributed by atoms with Crippen molar-refractivity contribution < 1.29 is 47.9 Å². The third-order valence-corrected chi connectivity index (χ3v) is 9.47. The zero-order chi connectivity index (χ0) is 37.9. The number of rotatable bonds is 10. The SMILES string of the molecule is CC(C)(C)Cc1c2c([c-]c3ccccc13)-c1nccc3cc(CC(C)(C)C#N)cc(c13)O2.CCC(CC(F)(F)F)C(=O)/C(C)=C(\O)C(CC)CC.[Ir]. The molecular formula is C43H50F3IrN2O3-. The molecule has 5 nitrogen and oxygen atoms in total. The second kappa shape index (κ2) is 16.9. The van der Waals surface area contributed by atoms with Crippen molar-refractivity contribution in [3.05, 3.63) is 77.2 Å². The van der Waals surface area contributed by atoms with Gasteiger partial charge in [0.1, 0.15) is 11.5 Å². The maximum Gasteiger partial charge on any atom is 0.389 e. The van der Waals surface area contributed by atoms with Gasteiger partial charge in [-0.1, -0.05) is 82.3 Å². The standard InChI is InChI=1S/C29H27N2O.C14H23F3O2.Ir/c1-28(2,3)16-23-21-9-7-6-8-19(21)14-22-26-25-20(10-11-31-26)12-18(15-29(4,5)17-30)13-24(25)32-27(22)23;1-5-10(6-2)12(18)9(4)13(19)11(7-3)8-14(15,16)17;/h6-13H,15-16H2,1-5H3;10-11,18H,5-8H2,1-4H3;/q-1;;/b;12-9-;. The molecule has 1 aliphatic rings. The van der Waals surface area contributed by atoms with E-state index in [9.17, 15) is 28.3 Å². The summed E-state index contributed by atoms with van der Waals surface area (Å²) in [5.74, 6) is -0.229. The fourth-order valence-corrected chi connectivity index (χ4v) is 6.79. The van der Waals surface area contributed by atoms with Gasteiger partial charge in [0, 0.05) is 54.8 Å². The van der Waals surface area contributed by atoms with Crippen molar-refractivity contribution in [2.24, 2.45) is 22.7 Å². The Hall–Kier alpha value is -3.73. The van der Waals surface area contributed by atoms with E-state index in [-0.39, 0.29) is 49.2 Å². The molecule has 2 heterocycles. The number of aliphatic hydroxyl groups excluding tert-OH is 1. The summed E-state index contributed by atoms with van der Waals surface area (Å²) in [6, 6.07) is 20.7. The number of nitriles is 1. The number of fused-ring (bicyclic) bond motifs is 3. The molecule has 4 aromatic rings. The number of Topliss-reactive ketones (excluding diaryl/α,β-unsaturated/α-hetero) is 1. The van der Waals surface area contributed by atoms with Crippen LogP contribution in [0.4, 0.5) is 13.2 Å². The van der Waals surface area contributed by atoms with Crippen LogP contribution in [0.3, 0.4) is 0 Å². The molecule has 1 aliphatic heterocycles. The van der Waals surface area contributed by atoms with E-state index < -0.39 is 29.7 Å². The van der Waals surface area contributed by atoms with Crippen LogP contribution in [0.2, 0.25) is 0 Å². The second-order valence-electron chi connectivity index (χ2n) is 15.5. The molecule has 0 amide bonds. The van der Waals surface area contributed by atoms with E-state index in [1.807, 2.05) is 40.0 Å². The summed E-state index contributed by atoms with van der Waals surface area (Å²) in [7, 11) is 0. The molecule has 0 spiro atoms. The predicted octanol–water partition coefficient (Wildman–Crippen LogP) is 12.4. The average Bonchev–Trinajstić information content (AvgIpc) is 3.06.